The van der Waals surface area contributed by atoms with E-state index in [1.54, 1.807) is 12.1 Å². The van der Waals surface area contributed by atoms with Crippen LogP contribution in [0.5, 0.6) is 0 Å². The van der Waals surface area contributed by atoms with Gasteiger partial charge in [-0.05, 0) is 50.2 Å². The van der Waals surface area contributed by atoms with E-state index in [0.717, 1.165) is 31.6 Å². The first-order chi connectivity index (χ1) is 15.4. The van der Waals surface area contributed by atoms with Crippen LogP contribution < -0.4 is 20.9 Å². The van der Waals surface area contributed by atoms with Crippen molar-refractivity contribution in [3.05, 3.63) is 35.3 Å². The van der Waals surface area contributed by atoms with Crippen molar-refractivity contribution in [2.24, 2.45) is 5.41 Å². The molecular weight excluding hydrogens is 411 g/mol. The van der Waals surface area contributed by atoms with Crippen molar-refractivity contribution >= 4 is 29.0 Å². The predicted molar refractivity (Wildman–Crippen MR) is 122 cm³/mol. The van der Waals surface area contributed by atoms with Crippen LogP contribution in [0.3, 0.4) is 0 Å². The van der Waals surface area contributed by atoms with E-state index in [0.29, 0.717) is 49.2 Å². The number of nitrogens with two attached hydrogens (primary N) is 1. The van der Waals surface area contributed by atoms with Gasteiger partial charge >= 0.3 is 0 Å². The minimum Gasteiger partial charge on any atom is -0.396 e. The highest BCUT2D eigenvalue weighted by molar-refractivity contribution is 6.08. The Bertz CT molecular complexity index is 1030. The number of amides is 1. The van der Waals surface area contributed by atoms with Crippen LogP contribution in [-0.2, 0) is 4.74 Å². The lowest BCUT2D eigenvalue weighted by Gasteiger charge is -2.35. The van der Waals surface area contributed by atoms with Crippen LogP contribution in [-0.4, -0.2) is 55.3 Å². The molecule has 1 spiro atoms. The Kier molecular flexibility index (Phi) is 5.36. The molecule has 9 heteroatoms. The number of carbonyl (C=O) groups is 1. The smallest absolute Gasteiger partial charge is 0.259 e. The summed E-state index contributed by atoms with van der Waals surface area (Å²) in [6.07, 6.45) is 4.77. The molecule has 0 atom stereocenters. The number of carbonyl (C=O) groups excluding carboxylic acids is 1. The molecule has 2 aliphatic heterocycles. The van der Waals surface area contributed by atoms with E-state index in [2.05, 4.69) is 20.2 Å². The van der Waals surface area contributed by atoms with Gasteiger partial charge in [0.15, 0.2) is 0 Å². The average Bonchev–Trinajstić information content (AvgIpc) is 3.55. The number of piperidine rings is 1. The minimum atomic E-state index is -0.595. The van der Waals surface area contributed by atoms with Gasteiger partial charge in [-0.25, -0.2) is 9.37 Å². The summed E-state index contributed by atoms with van der Waals surface area (Å²) in [5.41, 5.74) is 8.11. The summed E-state index contributed by atoms with van der Waals surface area (Å²) in [6, 6.07) is 4.53. The third-order valence-corrected chi connectivity index (χ3v) is 6.86. The number of nitrogen functional groups attached to an aromatic ring is 1. The molecule has 1 saturated carbocycles. The van der Waals surface area contributed by atoms with Crippen molar-refractivity contribution in [2.45, 2.75) is 32.6 Å². The van der Waals surface area contributed by atoms with Crippen LogP contribution in [0, 0.1) is 18.2 Å². The van der Waals surface area contributed by atoms with Crippen molar-refractivity contribution < 1.29 is 13.9 Å². The zero-order valence-corrected chi connectivity index (χ0v) is 18.4. The molecule has 3 N–H and O–H groups in total. The maximum Gasteiger partial charge on any atom is 0.259 e. The van der Waals surface area contributed by atoms with Crippen molar-refractivity contribution in [1.82, 2.24) is 9.97 Å². The number of nitrogens with one attached hydrogen (secondary N) is 1. The fraction of sp³-hybridized carbons (Fsp3) is 0.522. The molecule has 1 amide bonds. The highest BCUT2D eigenvalue weighted by Gasteiger charge is 2.44. The van der Waals surface area contributed by atoms with Gasteiger partial charge in [0, 0.05) is 37.9 Å². The first-order valence-electron chi connectivity index (χ1n) is 11.3. The normalized spacial score (nSPS) is 19.8. The van der Waals surface area contributed by atoms with Gasteiger partial charge in [-0.2, -0.15) is 4.98 Å². The topological polar surface area (TPSA) is 96.6 Å². The summed E-state index contributed by atoms with van der Waals surface area (Å²) < 4.78 is 19.8. The summed E-state index contributed by atoms with van der Waals surface area (Å²) in [5, 5.41) is 2.85. The van der Waals surface area contributed by atoms with Gasteiger partial charge in [0.05, 0.1) is 30.2 Å². The van der Waals surface area contributed by atoms with Crippen molar-refractivity contribution in [3.8, 4) is 0 Å². The van der Waals surface area contributed by atoms with Gasteiger partial charge in [0.1, 0.15) is 11.6 Å². The molecule has 2 saturated heterocycles. The second kappa shape index (κ2) is 8.20. The van der Waals surface area contributed by atoms with Crippen molar-refractivity contribution in [2.75, 3.05) is 60.2 Å². The fourth-order valence-electron chi connectivity index (χ4n) is 4.63. The van der Waals surface area contributed by atoms with Crippen LogP contribution in [0.1, 0.15) is 41.7 Å². The molecular formula is C23H29FN6O2. The maximum absolute atomic E-state index is 14.4. The fourth-order valence-corrected chi connectivity index (χ4v) is 4.63. The number of nitrogens with zero attached hydrogens (tertiary/aromatic N) is 4. The number of anilines is 4. The second-order valence-corrected chi connectivity index (χ2v) is 9.13. The number of aryl methyl sites for hydroxylation is 1. The second-order valence-electron chi connectivity index (χ2n) is 9.13. The van der Waals surface area contributed by atoms with Crippen molar-refractivity contribution in [3.63, 3.8) is 0 Å². The third kappa shape index (κ3) is 4.21. The van der Waals surface area contributed by atoms with Crippen LogP contribution in [0.25, 0.3) is 0 Å². The molecule has 3 aliphatic rings. The highest BCUT2D eigenvalue weighted by Crippen LogP contribution is 2.54. The summed E-state index contributed by atoms with van der Waals surface area (Å²) >= 11 is 0. The molecule has 0 radical (unpaired) electrons. The number of halogens is 1. The van der Waals surface area contributed by atoms with Gasteiger partial charge < -0.3 is 25.6 Å². The van der Waals surface area contributed by atoms with E-state index in [9.17, 15) is 9.18 Å². The van der Waals surface area contributed by atoms with E-state index in [1.165, 1.54) is 18.9 Å². The maximum atomic E-state index is 14.4. The van der Waals surface area contributed by atoms with Gasteiger partial charge in [0.2, 0.25) is 5.95 Å². The Morgan fingerprint density at radius 2 is 1.78 bits per heavy atom. The molecule has 1 aliphatic carbocycles. The lowest BCUT2D eigenvalue weighted by Crippen LogP contribution is -2.37. The summed E-state index contributed by atoms with van der Waals surface area (Å²) in [7, 11) is 0. The SMILES string of the molecule is Cc1cc(NC(=O)c2cc(F)c(N)cc2N2CCC3(CC2)CC3)nc(N2CCOCC2)n1. The predicted octanol–water partition coefficient (Wildman–Crippen LogP) is 2.98. The van der Waals surface area contributed by atoms with E-state index in [4.69, 9.17) is 10.5 Å². The van der Waals surface area contributed by atoms with Crippen molar-refractivity contribution in [1.29, 1.82) is 0 Å². The summed E-state index contributed by atoms with van der Waals surface area (Å²) in [5.74, 6) is -0.0556. The minimum absolute atomic E-state index is 0.0516. The van der Waals surface area contributed by atoms with E-state index >= 15 is 0 Å². The molecule has 8 nitrogen and oxygen atoms in total. The molecule has 0 bridgehead atoms. The van der Waals surface area contributed by atoms with E-state index in [1.807, 2.05) is 11.8 Å². The van der Waals surface area contributed by atoms with Gasteiger partial charge in [-0.3, -0.25) is 4.79 Å². The largest absolute Gasteiger partial charge is 0.396 e. The molecule has 3 heterocycles. The summed E-state index contributed by atoms with van der Waals surface area (Å²) in [6.45, 7) is 6.17. The molecule has 170 valence electrons. The van der Waals surface area contributed by atoms with Gasteiger partial charge in [-0.15, -0.1) is 0 Å². The van der Waals surface area contributed by atoms with Gasteiger partial charge in [0.25, 0.3) is 5.91 Å². The van der Waals surface area contributed by atoms with Crippen LogP contribution in [0.15, 0.2) is 18.2 Å². The molecule has 32 heavy (non-hydrogen) atoms. The lowest BCUT2D eigenvalue weighted by molar-refractivity contribution is 0.102. The van der Waals surface area contributed by atoms with E-state index < -0.39 is 11.7 Å². The molecule has 5 rings (SSSR count). The van der Waals surface area contributed by atoms with Gasteiger partial charge in [-0.1, -0.05) is 0 Å². The Balaban J connectivity index is 1.39. The highest BCUT2D eigenvalue weighted by atomic mass is 19.1. The number of hydrogen-bond acceptors (Lipinski definition) is 7. The molecule has 2 aromatic rings. The average molecular weight is 441 g/mol. The number of rotatable bonds is 4. The molecule has 0 unspecified atom stereocenters. The lowest BCUT2D eigenvalue weighted by atomic mass is 9.93. The number of benzene rings is 1. The quantitative estimate of drug-likeness (QED) is 0.706. The molecule has 1 aromatic carbocycles. The Morgan fingerprint density at radius 1 is 1.06 bits per heavy atom. The number of ether oxygens (including phenoxy) is 1. The summed E-state index contributed by atoms with van der Waals surface area (Å²) in [4.78, 5) is 26.4. The van der Waals surface area contributed by atoms with Crippen LogP contribution >= 0.6 is 0 Å². The van der Waals surface area contributed by atoms with Crippen LogP contribution in [0.2, 0.25) is 0 Å². The Hall–Kier alpha value is -2.94. The first kappa shape index (κ1) is 20.9. The Morgan fingerprint density at radius 3 is 2.47 bits per heavy atom. The first-order valence-corrected chi connectivity index (χ1v) is 11.3. The van der Waals surface area contributed by atoms with Crippen LogP contribution in [0.4, 0.5) is 27.5 Å². The van der Waals surface area contributed by atoms with E-state index in [-0.39, 0.29) is 11.3 Å². The number of hydrogen-bond donors (Lipinski definition) is 2. The zero-order valence-electron chi connectivity index (χ0n) is 18.4. The zero-order chi connectivity index (χ0) is 22.3. The monoisotopic (exact) mass is 440 g/mol. The third-order valence-electron chi connectivity index (χ3n) is 6.86. The number of aromatic nitrogens is 2. The number of morpholine rings is 1. The standard InChI is InChI=1S/C23H29FN6O2/c1-15-12-20(28-22(26-15)30-8-10-32-11-9-30)27-21(31)16-13-17(24)18(25)14-19(16)29-6-4-23(2-3-23)5-7-29/h12-14H,2-11,25H2,1H3,(H,26,27,28,31). The Labute approximate surface area is 187 Å². The molecule has 3 fully saturated rings. The molecule has 1 aromatic heterocycles.